The summed E-state index contributed by atoms with van der Waals surface area (Å²) in [5.74, 6) is 0.186. The predicted molar refractivity (Wildman–Crippen MR) is 76.3 cm³/mol. The van der Waals surface area contributed by atoms with Gasteiger partial charge in [0.15, 0.2) is 5.78 Å². The third-order valence-electron chi connectivity index (χ3n) is 3.29. The molecule has 0 bridgehead atoms. The van der Waals surface area contributed by atoms with Crippen molar-refractivity contribution in [2.75, 3.05) is 0 Å². The smallest absolute Gasteiger partial charge is 0.180 e. The van der Waals surface area contributed by atoms with Gasteiger partial charge < -0.3 is 0 Å². The molecule has 2 rings (SSSR count). The third kappa shape index (κ3) is 3.53. The molecule has 1 heterocycles. The van der Waals surface area contributed by atoms with Crippen molar-refractivity contribution >= 4 is 5.78 Å². The standard InChI is InChI=1S/C16H20N2O/c1-3-14-12-15(18(2)17-14)16(19)11-7-10-13-8-5-4-6-9-13/h4-6,8-9,12H,3,7,10-11H2,1-2H3. The molecule has 0 N–H and O–H groups in total. The number of hydrogen-bond acceptors (Lipinski definition) is 2. The zero-order valence-corrected chi connectivity index (χ0v) is 11.6. The Morgan fingerprint density at radius 2 is 2.00 bits per heavy atom. The Hall–Kier alpha value is -1.90. The van der Waals surface area contributed by atoms with E-state index in [1.807, 2.05) is 38.2 Å². The molecule has 0 atom stereocenters. The van der Waals surface area contributed by atoms with E-state index in [1.54, 1.807) is 4.68 Å². The highest BCUT2D eigenvalue weighted by atomic mass is 16.1. The number of Topliss-reactive ketones (excluding diaryl/α,β-unsaturated/α-hetero) is 1. The van der Waals surface area contributed by atoms with Gasteiger partial charge in [-0.2, -0.15) is 5.10 Å². The largest absolute Gasteiger partial charge is 0.292 e. The molecule has 3 nitrogen and oxygen atoms in total. The van der Waals surface area contributed by atoms with E-state index in [9.17, 15) is 4.79 Å². The molecular formula is C16H20N2O. The van der Waals surface area contributed by atoms with Crippen molar-refractivity contribution < 1.29 is 4.79 Å². The van der Waals surface area contributed by atoms with E-state index < -0.39 is 0 Å². The molecular weight excluding hydrogens is 236 g/mol. The van der Waals surface area contributed by atoms with Crippen LogP contribution in [0.2, 0.25) is 0 Å². The Bertz CT molecular complexity index is 543. The van der Waals surface area contributed by atoms with Crippen LogP contribution in [-0.2, 0) is 19.9 Å². The van der Waals surface area contributed by atoms with E-state index in [0.29, 0.717) is 6.42 Å². The highest BCUT2D eigenvalue weighted by molar-refractivity contribution is 5.94. The molecule has 0 saturated carbocycles. The summed E-state index contributed by atoms with van der Waals surface area (Å²) in [5, 5.41) is 4.31. The number of benzene rings is 1. The maximum Gasteiger partial charge on any atom is 0.180 e. The van der Waals surface area contributed by atoms with Gasteiger partial charge in [-0.15, -0.1) is 0 Å². The van der Waals surface area contributed by atoms with E-state index in [2.05, 4.69) is 17.2 Å². The number of nitrogens with zero attached hydrogens (tertiary/aromatic N) is 2. The first-order valence-electron chi connectivity index (χ1n) is 6.80. The van der Waals surface area contributed by atoms with Crippen LogP contribution in [-0.4, -0.2) is 15.6 Å². The number of carbonyl (C=O) groups excluding carboxylic acids is 1. The van der Waals surface area contributed by atoms with Crippen LogP contribution in [0.25, 0.3) is 0 Å². The van der Waals surface area contributed by atoms with Crippen molar-refractivity contribution in [3.05, 3.63) is 53.3 Å². The summed E-state index contributed by atoms with van der Waals surface area (Å²) in [6, 6.07) is 12.2. The summed E-state index contributed by atoms with van der Waals surface area (Å²) >= 11 is 0. The van der Waals surface area contributed by atoms with Crippen molar-refractivity contribution in [3.8, 4) is 0 Å². The molecule has 0 aliphatic heterocycles. The molecule has 2 aromatic rings. The van der Waals surface area contributed by atoms with Gasteiger partial charge in [0.2, 0.25) is 0 Å². The third-order valence-corrected chi connectivity index (χ3v) is 3.29. The minimum absolute atomic E-state index is 0.186. The van der Waals surface area contributed by atoms with Crippen molar-refractivity contribution in [1.82, 2.24) is 9.78 Å². The second-order valence-electron chi connectivity index (χ2n) is 4.76. The summed E-state index contributed by atoms with van der Waals surface area (Å²) in [7, 11) is 1.84. The molecule has 0 aliphatic carbocycles. The predicted octanol–water partition coefficient (Wildman–Crippen LogP) is 3.19. The monoisotopic (exact) mass is 256 g/mol. The molecule has 0 saturated heterocycles. The number of aromatic nitrogens is 2. The zero-order chi connectivity index (χ0) is 13.7. The molecule has 19 heavy (non-hydrogen) atoms. The summed E-state index contributed by atoms with van der Waals surface area (Å²) in [5.41, 5.74) is 2.99. The van der Waals surface area contributed by atoms with E-state index in [1.165, 1.54) is 5.56 Å². The van der Waals surface area contributed by atoms with Crippen molar-refractivity contribution in [1.29, 1.82) is 0 Å². The number of aryl methyl sites for hydroxylation is 3. The van der Waals surface area contributed by atoms with Crippen molar-refractivity contribution in [3.63, 3.8) is 0 Å². The quantitative estimate of drug-likeness (QED) is 0.744. The molecule has 1 aromatic carbocycles. The summed E-state index contributed by atoms with van der Waals surface area (Å²) in [6.45, 7) is 2.05. The van der Waals surface area contributed by atoms with Crippen LogP contribution in [0.4, 0.5) is 0 Å². The molecule has 3 heteroatoms. The van der Waals surface area contributed by atoms with E-state index in [-0.39, 0.29) is 5.78 Å². The van der Waals surface area contributed by atoms with Crippen molar-refractivity contribution in [2.45, 2.75) is 32.6 Å². The van der Waals surface area contributed by atoms with Gasteiger partial charge in [-0.3, -0.25) is 9.48 Å². The van der Waals surface area contributed by atoms with Crippen LogP contribution >= 0.6 is 0 Å². The lowest BCUT2D eigenvalue weighted by atomic mass is 10.1. The van der Waals surface area contributed by atoms with Gasteiger partial charge in [-0.25, -0.2) is 0 Å². The second-order valence-corrected chi connectivity index (χ2v) is 4.76. The van der Waals surface area contributed by atoms with Crippen molar-refractivity contribution in [2.24, 2.45) is 7.05 Å². The highest BCUT2D eigenvalue weighted by Gasteiger charge is 2.12. The van der Waals surface area contributed by atoms with E-state index >= 15 is 0 Å². The molecule has 1 aromatic heterocycles. The molecule has 0 radical (unpaired) electrons. The summed E-state index contributed by atoms with van der Waals surface area (Å²) in [6.07, 6.45) is 3.28. The molecule has 0 aliphatic rings. The van der Waals surface area contributed by atoms with Gasteiger partial charge in [-0.1, -0.05) is 37.3 Å². The van der Waals surface area contributed by atoms with E-state index in [4.69, 9.17) is 0 Å². The summed E-state index contributed by atoms with van der Waals surface area (Å²) in [4.78, 5) is 12.1. The van der Waals surface area contributed by atoms with Gasteiger partial charge in [0.1, 0.15) is 5.69 Å². The Kier molecular flexibility index (Phi) is 4.50. The number of carbonyl (C=O) groups is 1. The lowest BCUT2D eigenvalue weighted by molar-refractivity contribution is 0.0971. The highest BCUT2D eigenvalue weighted by Crippen LogP contribution is 2.10. The Morgan fingerprint density at radius 3 is 2.63 bits per heavy atom. The molecule has 0 amide bonds. The fourth-order valence-electron chi connectivity index (χ4n) is 2.19. The van der Waals surface area contributed by atoms with Gasteiger partial charge in [0, 0.05) is 13.5 Å². The molecule has 0 unspecified atom stereocenters. The SMILES string of the molecule is CCc1cc(C(=O)CCCc2ccccc2)n(C)n1. The maximum absolute atomic E-state index is 12.1. The second kappa shape index (κ2) is 6.32. The Balaban J connectivity index is 1.89. The molecule has 0 fully saturated rings. The zero-order valence-electron chi connectivity index (χ0n) is 11.6. The first kappa shape index (κ1) is 13.5. The lowest BCUT2D eigenvalue weighted by Gasteiger charge is -2.02. The average molecular weight is 256 g/mol. The van der Waals surface area contributed by atoms with Crippen LogP contribution in [0.15, 0.2) is 36.4 Å². The number of rotatable bonds is 6. The minimum atomic E-state index is 0.186. The van der Waals surface area contributed by atoms with Gasteiger partial charge in [0.25, 0.3) is 0 Å². The summed E-state index contributed by atoms with van der Waals surface area (Å²) < 4.78 is 1.70. The Morgan fingerprint density at radius 1 is 1.26 bits per heavy atom. The normalized spacial score (nSPS) is 10.6. The number of hydrogen-bond donors (Lipinski definition) is 0. The first-order chi connectivity index (χ1) is 9.20. The van der Waals surface area contributed by atoms with Crippen LogP contribution in [0.3, 0.4) is 0 Å². The lowest BCUT2D eigenvalue weighted by Crippen LogP contribution is -2.07. The van der Waals surface area contributed by atoms with Gasteiger partial charge in [-0.05, 0) is 30.9 Å². The fraction of sp³-hybridized carbons (Fsp3) is 0.375. The van der Waals surface area contributed by atoms with Crippen LogP contribution in [0, 0.1) is 0 Å². The van der Waals surface area contributed by atoms with E-state index in [0.717, 1.165) is 30.7 Å². The van der Waals surface area contributed by atoms with Gasteiger partial charge >= 0.3 is 0 Å². The van der Waals surface area contributed by atoms with Crippen LogP contribution in [0.1, 0.15) is 41.5 Å². The average Bonchev–Trinajstić information content (AvgIpc) is 2.81. The molecule has 0 spiro atoms. The first-order valence-corrected chi connectivity index (χ1v) is 6.80. The minimum Gasteiger partial charge on any atom is -0.292 e. The Labute approximate surface area is 114 Å². The molecule has 100 valence electrons. The number of ketones is 1. The topological polar surface area (TPSA) is 34.9 Å². The fourth-order valence-corrected chi connectivity index (χ4v) is 2.19. The maximum atomic E-state index is 12.1. The van der Waals surface area contributed by atoms with Gasteiger partial charge in [0.05, 0.1) is 5.69 Å². The van der Waals surface area contributed by atoms with Crippen LogP contribution in [0.5, 0.6) is 0 Å². The van der Waals surface area contributed by atoms with Crippen LogP contribution < -0.4 is 0 Å².